The van der Waals surface area contributed by atoms with Gasteiger partial charge in [0.1, 0.15) is 0 Å². The molecule has 5 rings (SSSR count). The van der Waals surface area contributed by atoms with Gasteiger partial charge in [-0.15, -0.1) is 0 Å². The van der Waals surface area contributed by atoms with Gasteiger partial charge in [-0.05, 0) is 47.2 Å². The molecule has 0 radical (unpaired) electrons. The summed E-state index contributed by atoms with van der Waals surface area (Å²) in [6.07, 6.45) is 1.23. The second-order valence-electron chi connectivity index (χ2n) is 10.8. The smallest absolute Gasteiger partial charge is 0.232 e. The summed E-state index contributed by atoms with van der Waals surface area (Å²) in [6.45, 7) is 4.19. The molecule has 1 aliphatic heterocycles. The Balaban J connectivity index is 1.78. The Morgan fingerprint density at radius 3 is 2.21 bits per heavy atom. The monoisotopic (exact) mass is 526 g/mol. The Hall–Kier alpha value is -4.26. The number of fused-ring (bicyclic) bond motifs is 1. The van der Waals surface area contributed by atoms with Crippen LogP contribution >= 0.6 is 0 Å². The summed E-state index contributed by atoms with van der Waals surface area (Å²) in [5.74, 6) is 1.25. The summed E-state index contributed by atoms with van der Waals surface area (Å²) in [6, 6.07) is 20.3. The van der Waals surface area contributed by atoms with Gasteiger partial charge in [0.05, 0.1) is 45.2 Å². The van der Waals surface area contributed by atoms with Gasteiger partial charge in [-0.3, -0.25) is 14.5 Å². The van der Waals surface area contributed by atoms with Gasteiger partial charge in [0.2, 0.25) is 11.7 Å². The molecule has 0 saturated carbocycles. The van der Waals surface area contributed by atoms with E-state index in [2.05, 4.69) is 19.2 Å². The molecule has 1 heterocycles. The molecule has 0 aromatic heterocycles. The van der Waals surface area contributed by atoms with Crippen LogP contribution in [0.15, 0.2) is 78.0 Å². The van der Waals surface area contributed by atoms with Crippen LogP contribution in [-0.4, -0.2) is 33.0 Å². The molecule has 0 spiro atoms. The summed E-state index contributed by atoms with van der Waals surface area (Å²) in [5, 5.41) is 3.55. The number of carbonyl (C=O) groups excluding carboxylic acids is 2. The number of hydrogen-bond acceptors (Lipinski definition) is 6. The van der Waals surface area contributed by atoms with Crippen molar-refractivity contribution in [3.8, 4) is 17.2 Å². The molecular formula is C32H34N2O5. The first kappa shape index (κ1) is 26.4. The van der Waals surface area contributed by atoms with E-state index in [1.807, 2.05) is 66.7 Å². The van der Waals surface area contributed by atoms with Crippen molar-refractivity contribution in [2.24, 2.45) is 5.41 Å². The first-order chi connectivity index (χ1) is 18.8. The third kappa shape index (κ3) is 4.97. The van der Waals surface area contributed by atoms with Gasteiger partial charge in [-0.1, -0.05) is 56.3 Å². The van der Waals surface area contributed by atoms with Gasteiger partial charge in [-0.25, -0.2) is 0 Å². The minimum absolute atomic E-state index is 0.0119. The number of nitrogens with zero attached hydrogens (tertiary/aromatic N) is 1. The van der Waals surface area contributed by atoms with Crippen LogP contribution in [-0.2, 0) is 16.0 Å². The number of ether oxygens (including phenoxy) is 3. The van der Waals surface area contributed by atoms with E-state index >= 15 is 0 Å². The van der Waals surface area contributed by atoms with E-state index in [9.17, 15) is 9.59 Å². The highest BCUT2D eigenvalue weighted by atomic mass is 16.5. The maximum Gasteiger partial charge on any atom is 0.232 e. The molecule has 39 heavy (non-hydrogen) atoms. The summed E-state index contributed by atoms with van der Waals surface area (Å²) >= 11 is 0. The molecule has 2 aliphatic rings. The molecule has 7 heteroatoms. The Morgan fingerprint density at radius 2 is 1.56 bits per heavy atom. The van der Waals surface area contributed by atoms with Crippen molar-refractivity contribution in [1.29, 1.82) is 0 Å². The molecule has 1 atom stereocenters. The van der Waals surface area contributed by atoms with Crippen LogP contribution in [0, 0.1) is 5.41 Å². The van der Waals surface area contributed by atoms with E-state index in [0.717, 1.165) is 16.9 Å². The number of anilines is 2. The van der Waals surface area contributed by atoms with Crippen molar-refractivity contribution in [3.63, 3.8) is 0 Å². The van der Waals surface area contributed by atoms with Gasteiger partial charge < -0.3 is 19.5 Å². The summed E-state index contributed by atoms with van der Waals surface area (Å²) in [5.41, 5.74) is 4.28. The van der Waals surface area contributed by atoms with Gasteiger partial charge in [0.15, 0.2) is 17.3 Å². The number of para-hydroxylation sites is 2. The maximum atomic E-state index is 14.3. The number of Topliss-reactive ketones (excluding diaryl/α,β-unsaturated/α-hetero) is 1. The van der Waals surface area contributed by atoms with Crippen molar-refractivity contribution in [2.75, 3.05) is 31.5 Å². The summed E-state index contributed by atoms with van der Waals surface area (Å²) in [4.78, 5) is 30.0. The molecule has 3 aromatic rings. The van der Waals surface area contributed by atoms with E-state index in [4.69, 9.17) is 14.2 Å². The van der Waals surface area contributed by atoms with Crippen molar-refractivity contribution in [2.45, 2.75) is 39.2 Å². The van der Waals surface area contributed by atoms with Crippen LogP contribution in [0.2, 0.25) is 0 Å². The number of nitrogens with one attached hydrogen (secondary N) is 1. The fourth-order valence-corrected chi connectivity index (χ4v) is 5.69. The van der Waals surface area contributed by atoms with E-state index in [1.165, 1.54) is 0 Å². The molecule has 0 unspecified atom stereocenters. The Labute approximate surface area is 229 Å². The zero-order chi connectivity index (χ0) is 27.7. The number of carbonyl (C=O) groups is 2. The highest BCUT2D eigenvalue weighted by Gasteiger charge is 2.43. The molecule has 1 N–H and O–H groups in total. The number of hydrogen-bond donors (Lipinski definition) is 1. The predicted octanol–water partition coefficient (Wildman–Crippen LogP) is 6.10. The van der Waals surface area contributed by atoms with E-state index in [-0.39, 0.29) is 23.5 Å². The minimum atomic E-state index is -0.704. The van der Waals surface area contributed by atoms with Gasteiger partial charge in [0.25, 0.3) is 0 Å². The normalized spacial score (nSPS) is 17.9. The second-order valence-corrected chi connectivity index (χ2v) is 10.8. The lowest BCUT2D eigenvalue weighted by molar-refractivity contribution is -0.119. The Kier molecular flexibility index (Phi) is 7.08. The van der Waals surface area contributed by atoms with Crippen LogP contribution in [0.5, 0.6) is 17.2 Å². The molecule has 1 aliphatic carbocycles. The molecule has 7 nitrogen and oxygen atoms in total. The lowest BCUT2D eigenvalue weighted by atomic mass is 9.73. The number of methoxy groups -OCH3 is 3. The quantitative estimate of drug-likeness (QED) is 0.418. The van der Waals surface area contributed by atoms with E-state index < -0.39 is 6.04 Å². The van der Waals surface area contributed by atoms with Crippen LogP contribution in [0.3, 0.4) is 0 Å². The first-order valence-corrected chi connectivity index (χ1v) is 13.0. The van der Waals surface area contributed by atoms with Crippen LogP contribution < -0.4 is 24.4 Å². The lowest BCUT2D eigenvalue weighted by Crippen LogP contribution is -2.40. The highest BCUT2D eigenvalue weighted by Crippen LogP contribution is 2.50. The number of rotatable bonds is 6. The van der Waals surface area contributed by atoms with Crippen molar-refractivity contribution >= 4 is 23.1 Å². The third-order valence-corrected chi connectivity index (χ3v) is 7.37. The maximum absolute atomic E-state index is 14.3. The average Bonchev–Trinajstić information content (AvgIpc) is 3.06. The fourth-order valence-electron chi connectivity index (χ4n) is 5.69. The number of amides is 1. The molecule has 202 valence electrons. The molecule has 0 fully saturated rings. The third-order valence-electron chi connectivity index (χ3n) is 7.37. The average molecular weight is 527 g/mol. The van der Waals surface area contributed by atoms with Crippen molar-refractivity contribution in [3.05, 3.63) is 89.1 Å². The number of ketones is 1. The topological polar surface area (TPSA) is 77.1 Å². The lowest BCUT2D eigenvalue weighted by Gasteiger charge is -2.37. The zero-order valence-corrected chi connectivity index (χ0v) is 23.0. The number of benzene rings is 3. The van der Waals surface area contributed by atoms with Crippen LogP contribution in [0.1, 0.15) is 43.9 Å². The molecule has 0 bridgehead atoms. The molecule has 3 aromatic carbocycles. The minimum Gasteiger partial charge on any atom is -0.493 e. The van der Waals surface area contributed by atoms with Crippen LogP contribution in [0.4, 0.5) is 11.4 Å². The van der Waals surface area contributed by atoms with E-state index in [1.54, 1.807) is 26.2 Å². The van der Waals surface area contributed by atoms with Crippen molar-refractivity contribution < 1.29 is 23.8 Å². The molecule has 1 amide bonds. The fraction of sp³-hybridized carbons (Fsp3) is 0.312. The second kappa shape index (κ2) is 10.5. The summed E-state index contributed by atoms with van der Waals surface area (Å²) in [7, 11) is 4.67. The van der Waals surface area contributed by atoms with Gasteiger partial charge >= 0.3 is 0 Å². The largest absolute Gasteiger partial charge is 0.493 e. The van der Waals surface area contributed by atoms with E-state index in [0.29, 0.717) is 46.9 Å². The zero-order valence-electron chi connectivity index (χ0n) is 23.0. The molecule has 0 saturated heterocycles. The standard InChI is InChI=1S/C32H34N2O5/c1-32(2)18-23-29(25(35)19-32)30(21-16-26(37-3)31(39-5)27(17-21)38-4)34(24-14-10-9-13-22(24)33-23)28(36)15-20-11-7-6-8-12-20/h6-14,16-17,30,33H,15,18-19H2,1-5H3/t30-/m1/s1. The first-order valence-electron chi connectivity index (χ1n) is 13.0. The predicted molar refractivity (Wildman–Crippen MR) is 152 cm³/mol. The summed E-state index contributed by atoms with van der Waals surface area (Å²) < 4.78 is 16.9. The highest BCUT2D eigenvalue weighted by molar-refractivity contribution is 6.06. The Morgan fingerprint density at radius 1 is 0.923 bits per heavy atom. The molecular weight excluding hydrogens is 492 g/mol. The van der Waals surface area contributed by atoms with Gasteiger partial charge in [-0.2, -0.15) is 0 Å². The Bertz CT molecular complexity index is 1420. The van der Waals surface area contributed by atoms with Gasteiger partial charge in [0, 0.05) is 17.7 Å². The SMILES string of the molecule is COc1cc([C@@H]2C3=C(CC(C)(C)CC3=O)Nc3ccccc3N2C(=O)Cc2ccccc2)cc(OC)c1OC. The van der Waals surface area contributed by atoms with Crippen LogP contribution in [0.25, 0.3) is 0 Å². The number of allylic oxidation sites excluding steroid dienone is 1. The van der Waals surface area contributed by atoms with Crippen molar-refractivity contribution in [1.82, 2.24) is 0 Å².